The molecule has 1 saturated carbocycles. The second kappa shape index (κ2) is 7.32. The molecule has 1 atom stereocenters. The van der Waals surface area contributed by atoms with Crippen LogP contribution >= 0.6 is 11.6 Å². The summed E-state index contributed by atoms with van der Waals surface area (Å²) < 4.78 is 13.7. The van der Waals surface area contributed by atoms with Gasteiger partial charge in [-0.1, -0.05) is 41.9 Å². The second-order valence-electron chi connectivity index (χ2n) is 6.13. The van der Waals surface area contributed by atoms with Crippen molar-refractivity contribution < 1.29 is 9.18 Å². The van der Waals surface area contributed by atoms with Crippen LogP contribution in [-0.4, -0.2) is 23.4 Å². The maximum atomic E-state index is 13.7. The van der Waals surface area contributed by atoms with Crippen LogP contribution in [0.25, 0.3) is 0 Å². The number of nitrogens with one attached hydrogen (secondary N) is 1. The molecule has 0 aliphatic heterocycles. The summed E-state index contributed by atoms with van der Waals surface area (Å²) in [5.74, 6) is -0.645. The summed E-state index contributed by atoms with van der Waals surface area (Å²) in [4.78, 5) is 14.5. The molecule has 3 rings (SSSR count). The van der Waals surface area contributed by atoms with E-state index >= 15 is 0 Å². The van der Waals surface area contributed by atoms with Crippen LogP contribution < -0.4 is 5.32 Å². The predicted octanol–water partition coefficient (Wildman–Crippen LogP) is 4.64. The highest BCUT2D eigenvalue weighted by atomic mass is 35.5. The van der Waals surface area contributed by atoms with E-state index in [4.69, 9.17) is 11.6 Å². The number of carbonyl (C=O) groups is 1. The molecule has 0 spiro atoms. The largest absolute Gasteiger partial charge is 0.322 e. The van der Waals surface area contributed by atoms with Crippen LogP contribution in [0.4, 0.5) is 10.1 Å². The average molecular weight is 347 g/mol. The van der Waals surface area contributed by atoms with Gasteiger partial charge in [0, 0.05) is 17.1 Å². The SMILES string of the molecule is CC(c1ccccc1Cl)N(CC(=O)Nc1ccccc1F)C1CC1. The number of benzene rings is 2. The number of hydrogen-bond acceptors (Lipinski definition) is 2. The monoisotopic (exact) mass is 346 g/mol. The highest BCUT2D eigenvalue weighted by molar-refractivity contribution is 6.31. The fourth-order valence-electron chi connectivity index (χ4n) is 2.90. The van der Waals surface area contributed by atoms with Gasteiger partial charge in [0.25, 0.3) is 0 Å². The molecule has 2 aromatic rings. The second-order valence-corrected chi connectivity index (χ2v) is 6.54. The molecular formula is C19H20ClFN2O. The lowest BCUT2D eigenvalue weighted by molar-refractivity contribution is -0.118. The minimum Gasteiger partial charge on any atom is -0.322 e. The Morgan fingerprint density at radius 1 is 1.25 bits per heavy atom. The molecule has 0 aromatic heterocycles. The number of amides is 1. The van der Waals surface area contributed by atoms with Crippen LogP contribution in [0, 0.1) is 5.82 Å². The van der Waals surface area contributed by atoms with E-state index in [0.29, 0.717) is 11.1 Å². The van der Waals surface area contributed by atoms with Crippen molar-refractivity contribution in [3.63, 3.8) is 0 Å². The first-order chi connectivity index (χ1) is 11.6. The summed E-state index contributed by atoms with van der Waals surface area (Å²) in [7, 11) is 0. The van der Waals surface area contributed by atoms with Gasteiger partial charge in [-0.3, -0.25) is 9.69 Å². The van der Waals surface area contributed by atoms with Crippen molar-refractivity contribution in [1.29, 1.82) is 0 Å². The lowest BCUT2D eigenvalue weighted by Gasteiger charge is -2.29. The first-order valence-corrected chi connectivity index (χ1v) is 8.48. The highest BCUT2D eigenvalue weighted by Crippen LogP contribution is 2.36. The zero-order chi connectivity index (χ0) is 17.1. The molecule has 126 valence electrons. The zero-order valence-electron chi connectivity index (χ0n) is 13.5. The molecule has 24 heavy (non-hydrogen) atoms. The molecule has 1 unspecified atom stereocenters. The molecule has 2 aromatic carbocycles. The first-order valence-electron chi connectivity index (χ1n) is 8.11. The zero-order valence-corrected chi connectivity index (χ0v) is 14.3. The third-order valence-electron chi connectivity index (χ3n) is 4.34. The Morgan fingerprint density at radius 2 is 1.92 bits per heavy atom. The van der Waals surface area contributed by atoms with Gasteiger partial charge in [-0.15, -0.1) is 0 Å². The number of hydrogen-bond donors (Lipinski definition) is 1. The summed E-state index contributed by atoms with van der Waals surface area (Å²) in [6.07, 6.45) is 2.14. The van der Waals surface area contributed by atoms with Crippen molar-refractivity contribution in [3.8, 4) is 0 Å². The van der Waals surface area contributed by atoms with Gasteiger partial charge in [0.1, 0.15) is 5.82 Å². The Balaban J connectivity index is 1.71. The van der Waals surface area contributed by atoms with Crippen LogP contribution in [0.2, 0.25) is 5.02 Å². The van der Waals surface area contributed by atoms with Gasteiger partial charge in [0.05, 0.1) is 12.2 Å². The molecule has 1 aliphatic carbocycles. The quantitative estimate of drug-likeness (QED) is 0.826. The standard InChI is InChI=1S/C19H20ClFN2O/c1-13(15-6-2-3-7-16(15)20)23(14-10-11-14)12-19(24)22-18-9-5-4-8-17(18)21/h2-9,13-14H,10-12H2,1H3,(H,22,24). The summed E-state index contributed by atoms with van der Waals surface area (Å²) in [5, 5.41) is 3.35. The van der Waals surface area contributed by atoms with Crippen LogP contribution in [0.3, 0.4) is 0 Å². The van der Waals surface area contributed by atoms with Crippen molar-refractivity contribution >= 4 is 23.2 Å². The Bertz CT molecular complexity index is 733. The maximum Gasteiger partial charge on any atom is 0.238 e. The average Bonchev–Trinajstić information content (AvgIpc) is 3.39. The molecule has 0 saturated heterocycles. The van der Waals surface area contributed by atoms with E-state index in [1.807, 2.05) is 24.3 Å². The van der Waals surface area contributed by atoms with Crippen molar-refractivity contribution in [2.75, 3.05) is 11.9 Å². The number of rotatable bonds is 6. The van der Waals surface area contributed by atoms with Crippen molar-refractivity contribution in [2.45, 2.75) is 31.8 Å². The minimum atomic E-state index is -0.428. The number of nitrogens with zero attached hydrogens (tertiary/aromatic N) is 1. The molecule has 1 N–H and O–H groups in total. The number of halogens is 2. The molecule has 0 bridgehead atoms. The van der Waals surface area contributed by atoms with Crippen LogP contribution in [0.15, 0.2) is 48.5 Å². The normalized spacial score (nSPS) is 15.3. The lowest BCUT2D eigenvalue weighted by Crippen LogP contribution is -2.37. The van der Waals surface area contributed by atoms with E-state index in [9.17, 15) is 9.18 Å². The molecule has 0 heterocycles. The topological polar surface area (TPSA) is 32.3 Å². The molecule has 1 fully saturated rings. The van der Waals surface area contributed by atoms with E-state index in [1.165, 1.54) is 6.07 Å². The fourth-order valence-corrected chi connectivity index (χ4v) is 3.19. The van der Waals surface area contributed by atoms with Crippen molar-refractivity contribution in [1.82, 2.24) is 4.90 Å². The summed E-state index contributed by atoms with van der Waals surface area (Å²) >= 11 is 6.30. The van der Waals surface area contributed by atoms with Gasteiger partial charge < -0.3 is 5.32 Å². The predicted molar refractivity (Wildman–Crippen MR) is 94.6 cm³/mol. The van der Waals surface area contributed by atoms with Gasteiger partial charge in [-0.25, -0.2) is 4.39 Å². The Hall–Kier alpha value is -1.91. The van der Waals surface area contributed by atoms with Crippen LogP contribution in [0.1, 0.15) is 31.4 Å². The summed E-state index contributed by atoms with van der Waals surface area (Å²) in [6.45, 7) is 2.27. The smallest absolute Gasteiger partial charge is 0.238 e. The summed E-state index contributed by atoms with van der Waals surface area (Å²) in [5.41, 5.74) is 1.22. The fraction of sp³-hybridized carbons (Fsp3) is 0.316. The van der Waals surface area contributed by atoms with Crippen LogP contribution in [-0.2, 0) is 4.79 Å². The van der Waals surface area contributed by atoms with Gasteiger partial charge in [-0.2, -0.15) is 0 Å². The first kappa shape index (κ1) is 16.9. The Labute approximate surface area is 146 Å². The third kappa shape index (κ3) is 3.94. The maximum absolute atomic E-state index is 13.7. The van der Waals surface area contributed by atoms with E-state index < -0.39 is 5.82 Å². The van der Waals surface area contributed by atoms with Crippen molar-refractivity contribution in [3.05, 3.63) is 64.9 Å². The number of anilines is 1. The van der Waals surface area contributed by atoms with E-state index in [-0.39, 0.29) is 24.2 Å². The molecule has 0 radical (unpaired) electrons. The van der Waals surface area contributed by atoms with Crippen LogP contribution in [0.5, 0.6) is 0 Å². The molecule has 5 heteroatoms. The van der Waals surface area contributed by atoms with E-state index in [0.717, 1.165) is 18.4 Å². The lowest BCUT2D eigenvalue weighted by atomic mass is 10.1. The minimum absolute atomic E-state index is 0.0255. The Kier molecular flexibility index (Phi) is 5.17. The van der Waals surface area contributed by atoms with E-state index in [2.05, 4.69) is 17.1 Å². The Morgan fingerprint density at radius 3 is 2.58 bits per heavy atom. The van der Waals surface area contributed by atoms with Crippen molar-refractivity contribution in [2.24, 2.45) is 0 Å². The number of carbonyl (C=O) groups excluding carboxylic acids is 1. The molecule has 3 nitrogen and oxygen atoms in total. The van der Waals surface area contributed by atoms with Gasteiger partial charge in [-0.05, 0) is 43.5 Å². The number of para-hydroxylation sites is 1. The van der Waals surface area contributed by atoms with E-state index in [1.54, 1.807) is 18.2 Å². The van der Waals surface area contributed by atoms with Gasteiger partial charge >= 0.3 is 0 Å². The summed E-state index contributed by atoms with van der Waals surface area (Å²) in [6, 6.07) is 14.3. The molecular weight excluding hydrogens is 327 g/mol. The molecule has 1 amide bonds. The highest BCUT2D eigenvalue weighted by Gasteiger charge is 2.34. The van der Waals surface area contributed by atoms with Gasteiger partial charge in [0.15, 0.2) is 0 Å². The molecule has 1 aliphatic rings. The van der Waals surface area contributed by atoms with Gasteiger partial charge in [0.2, 0.25) is 5.91 Å². The third-order valence-corrected chi connectivity index (χ3v) is 4.69.